The molecule has 0 bridgehead atoms. The zero-order valence-electron chi connectivity index (χ0n) is 19.0. The highest BCUT2D eigenvalue weighted by atomic mass is 35.5. The summed E-state index contributed by atoms with van der Waals surface area (Å²) in [6.07, 6.45) is 0.0615. The Balaban J connectivity index is 1.87. The van der Waals surface area contributed by atoms with Gasteiger partial charge in [-0.2, -0.15) is 5.16 Å². The van der Waals surface area contributed by atoms with E-state index in [1.54, 1.807) is 25.3 Å². The van der Waals surface area contributed by atoms with Gasteiger partial charge in [0.15, 0.2) is 5.78 Å². The number of methoxy groups -OCH3 is 1. The lowest BCUT2D eigenvalue weighted by Crippen LogP contribution is -2.34. The van der Waals surface area contributed by atoms with Crippen LogP contribution in [-0.4, -0.2) is 24.0 Å². The standard InChI is InChI=1S/C25H27ClN2O5/c1-25(2,3)18-10-7-16(11-19(18)26)12-20(29)23(17-8-5-15(6-9-17)14-32-4)27-24(31)21-13-22(30)28-33-21/h5-11,13,23H,12,14H2,1-4H3,(H,27,31)(H,28,30). The smallest absolute Gasteiger partial charge is 0.290 e. The fourth-order valence-electron chi connectivity index (χ4n) is 3.50. The summed E-state index contributed by atoms with van der Waals surface area (Å²) in [6, 6.07) is 12.8. The first-order valence-corrected chi connectivity index (χ1v) is 10.8. The average Bonchev–Trinajstić information content (AvgIpc) is 3.18. The molecule has 1 aromatic heterocycles. The van der Waals surface area contributed by atoms with E-state index in [2.05, 4.69) is 31.2 Å². The van der Waals surface area contributed by atoms with Gasteiger partial charge >= 0.3 is 0 Å². The molecule has 8 heteroatoms. The molecule has 0 fully saturated rings. The summed E-state index contributed by atoms with van der Waals surface area (Å²) in [4.78, 5) is 37.3. The van der Waals surface area contributed by atoms with Gasteiger partial charge < -0.3 is 14.6 Å². The summed E-state index contributed by atoms with van der Waals surface area (Å²) in [5.41, 5.74) is 2.59. The van der Waals surface area contributed by atoms with E-state index in [-0.39, 0.29) is 23.4 Å². The van der Waals surface area contributed by atoms with E-state index in [0.717, 1.165) is 22.8 Å². The van der Waals surface area contributed by atoms with Crippen molar-refractivity contribution in [1.82, 2.24) is 10.5 Å². The van der Waals surface area contributed by atoms with Gasteiger partial charge in [-0.25, -0.2) is 0 Å². The molecule has 0 aliphatic rings. The normalized spacial score (nSPS) is 12.4. The third-order valence-electron chi connectivity index (χ3n) is 5.19. The first kappa shape index (κ1) is 24.5. The minimum Gasteiger partial charge on any atom is -0.380 e. The molecule has 3 aromatic rings. The highest BCUT2D eigenvalue weighted by molar-refractivity contribution is 6.31. The van der Waals surface area contributed by atoms with E-state index in [1.807, 2.05) is 24.3 Å². The summed E-state index contributed by atoms with van der Waals surface area (Å²) in [6.45, 7) is 6.63. The van der Waals surface area contributed by atoms with Crippen LogP contribution in [0.15, 0.2) is 57.8 Å². The van der Waals surface area contributed by atoms with Crippen molar-refractivity contribution in [3.05, 3.63) is 91.9 Å². The predicted octanol–water partition coefficient (Wildman–Crippen LogP) is 4.35. The summed E-state index contributed by atoms with van der Waals surface area (Å²) in [5, 5.41) is 5.34. The van der Waals surface area contributed by atoms with Crippen molar-refractivity contribution >= 4 is 23.3 Å². The molecule has 1 atom stereocenters. The lowest BCUT2D eigenvalue weighted by atomic mass is 9.86. The molecule has 2 aromatic carbocycles. The van der Waals surface area contributed by atoms with Gasteiger partial charge in [0.25, 0.3) is 11.5 Å². The molecular weight excluding hydrogens is 444 g/mol. The highest BCUT2D eigenvalue weighted by Gasteiger charge is 2.26. The first-order chi connectivity index (χ1) is 15.6. The van der Waals surface area contributed by atoms with Gasteiger partial charge in [-0.05, 0) is 33.7 Å². The van der Waals surface area contributed by atoms with Gasteiger partial charge in [0, 0.05) is 18.6 Å². The summed E-state index contributed by atoms with van der Waals surface area (Å²) in [7, 11) is 1.60. The van der Waals surface area contributed by atoms with Gasteiger partial charge in [-0.15, -0.1) is 0 Å². The molecule has 0 aliphatic carbocycles. The van der Waals surface area contributed by atoms with E-state index < -0.39 is 17.5 Å². The Kier molecular flexibility index (Phi) is 7.56. The largest absolute Gasteiger partial charge is 0.380 e. The number of amides is 1. The second kappa shape index (κ2) is 10.2. The molecule has 0 saturated carbocycles. The van der Waals surface area contributed by atoms with E-state index in [9.17, 15) is 14.4 Å². The number of ether oxygens (including phenoxy) is 1. The number of hydrogen-bond donors (Lipinski definition) is 2. The van der Waals surface area contributed by atoms with Crippen molar-refractivity contribution in [1.29, 1.82) is 0 Å². The summed E-state index contributed by atoms with van der Waals surface area (Å²) in [5.74, 6) is -1.11. The summed E-state index contributed by atoms with van der Waals surface area (Å²) < 4.78 is 10.0. The Labute approximate surface area is 197 Å². The van der Waals surface area contributed by atoms with Crippen molar-refractivity contribution in [2.24, 2.45) is 0 Å². The van der Waals surface area contributed by atoms with Gasteiger partial charge in [0.2, 0.25) is 5.76 Å². The van der Waals surface area contributed by atoms with Crippen LogP contribution in [0.5, 0.6) is 0 Å². The van der Waals surface area contributed by atoms with Gasteiger partial charge in [0.05, 0.1) is 12.7 Å². The van der Waals surface area contributed by atoms with Crippen molar-refractivity contribution in [2.45, 2.75) is 45.3 Å². The van der Waals surface area contributed by atoms with Crippen molar-refractivity contribution < 1.29 is 18.8 Å². The van der Waals surface area contributed by atoms with Crippen LogP contribution in [0.4, 0.5) is 0 Å². The maximum Gasteiger partial charge on any atom is 0.290 e. The first-order valence-electron chi connectivity index (χ1n) is 10.5. The third-order valence-corrected chi connectivity index (χ3v) is 5.50. The SMILES string of the molecule is COCc1ccc(C(NC(=O)c2cc(=O)[nH]o2)C(=O)Cc2ccc(C(C)(C)C)c(Cl)c2)cc1. The number of benzene rings is 2. The van der Waals surface area contributed by atoms with Crippen molar-refractivity contribution in [3.63, 3.8) is 0 Å². The lowest BCUT2D eigenvalue weighted by molar-refractivity contribution is -0.120. The molecule has 2 N–H and O–H groups in total. The van der Waals surface area contributed by atoms with Crippen LogP contribution in [0.25, 0.3) is 0 Å². The summed E-state index contributed by atoms with van der Waals surface area (Å²) >= 11 is 6.47. The number of H-pyrrole nitrogens is 1. The number of carbonyl (C=O) groups excluding carboxylic acids is 2. The Bertz CT molecular complexity index is 1190. The molecule has 1 amide bonds. The second-order valence-corrected chi connectivity index (χ2v) is 9.27. The number of halogens is 1. The Morgan fingerprint density at radius 2 is 1.76 bits per heavy atom. The molecular formula is C25H27ClN2O5. The quantitative estimate of drug-likeness (QED) is 0.509. The molecule has 0 spiro atoms. The topological polar surface area (TPSA) is 101 Å². The Morgan fingerprint density at radius 1 is 1.09 bits per heavy atom. The molecule has 0 aliphatic heterocycles. The number of aromatic nitrogens is 1. The molecule has 0 saturated heterocycles. The molecule has 174 valence electrons. The number of carbonyl (C=O) groups is 2. The van der Waals surface area contributed by atoms with Crippen LogP contribution < -0.4 is 10.9 Å². The maximum absolute atomic E-state index is 13.3. The number of nitrogens with one attached hydrogen (secondary N) is 2. The Morgan fingerprint density at radius 3 is 2.30 bits per heavy atom. The van der Waals surface area contributed by atoms with Gasteiger partial charge in [-0.3, -0.25) is 14.4 Å². The average molecular weight is 471 g/mol. The fourth-order valence-corrected chi connectivity index (χ4v) is 3.99. The van der Waals surface area contributed by atoms with Crippen molar-refractivity contribution in [3.8, 4) is 0 Å². The van der Waals surface area contributed by atoms with Crippen LogP contribution in [0, 0.1) is 0 Å². The number of ketones is 1. The highest BCUT2D eigenvalue weighted by Crippen LogP contribution is 2.30. The van der Waals surface area contributed by atoms with Crippen LogP contribution in [0.3, 0.4) is 0 Å². The monoisotopic (exact) mass is 470 g/mol. The number of rotatable bonds is 8. The third kappa shape index (κ3) is 6.21. The van der Waals surface area contributed by atoms with Gasteiger partial charge in [-0.1, -0.05) is 68.8 Å². The van der Waals surface area contributed by atoms with Crippen LogP contribution in [0.1, 0.15) is 59.6 Å². The zero-order valence-corrected chi connectivity index (χ0v) is 19.8. The molecule has 0 radical (unpaired) electrons. The van der Waals surface area contributed by atoms with E-state index in [1.165, 1.54) is 0 Å². The van der Waals surface area contributed by atoms with Crippen LogP contribution in [-0.2, 0) is 28.0 Å². The lowest BCUT2D eigenvalue weighted by Gasteiger charge is -2.22. The van der Waals surface area contributed by atoms with E-state index >= 15 is 0 Å². The number of hydrogen-bond acceptors (Lipinski definition) is 5. The second-order valence-electron chi connectivity index (χ2n) is 8.87. The van der Waals surface area contributed by atoms with Gasteiger partial charge in [0.1, 0.15) is 6.04 Å². The Hall–Kier alpha value is -3.16. The maximum atomic E-state index is 13.3. The molecule has 1 heterocycles. The molecule has 7 nitrogen and oxygen atoms in total. The fraction of sp³-hybridized carbons (Fsp3) is 0.320. The van der Waals surface area contributed by atoms with Crippen LogP contribution >= 0.6 is 11.6 Å². The number of aromatic amines is 1. The number of Topliss-reactive ketones (excluding diaryl/α,β-unsaturated/α-hetero) is 1. The van der Waals surface area contributed by atoms with Crippen molar-refractivity contribution in [2.75, 3.05) is 7.11 Å². The van der Waals surface area contributed by atoms with E-state index in [4.69, 9.17) is 20.9 Å². The minimum atomic E-state index is -0.949. The molecule has 33 heavy (non-hydrogen) atoms. The minimum absolute atomic E-state index is 0.0615. The molecule has 1 unspecified atom stereocenters. The predicted molar refractivity (Wildman–Crippen MR) is 126 cm³/mol. The van der Waals surface area contributed by atoms with Crippen LogP contribution in [0.2, 0.25) is 5.02 Å². The zero-order chi connectivity index (χ0) is 24.2. The molecule has 3 rings (SSSR count). The van der Waals surface area contributed by atoms with E-state index in [0.29, 0.717) is 17.2 Å².